The highest BCUT2D eigenvalue weighted by molar-refractivity contribution is 7.98. The van der Waals surface area contributed by atoms with Crippen LogP contribution in [-0.2, 0) is 6.54 Å². The summed E-state index contributed by atoms with van der Waals surface area (Å²) in [4.78, 5) is 11.8. The molecule has 19 heavy (non-hydrogen) atoms. The van der Waals surface area contributed by atoms with Gasteiger partial charge in [0.1, 0.15) is 5.02 Å². The monoisotopic (exact) mass is 305 g/mol. The van der Waals surface area contributed by atoms with Gasteiger partial charge in [-0.3, -0.25) is 4.79 Å². The highest BCUT2D eigenvalue weighted by Gasteiger charge is 2.08. The second kappa shape index (κ2) is 9.23. The molecule has 1 aromatic rings. The molecule has 0 amide bonds. The van der Waals surface area contributed by atoms with E-state index in [0.29, 0.717) is 5.69 Å². The van der Waals surface area contributed by atoms with Gasteiger partial charge >= 0.3 is 0 Å². The Kier molecular flexibility index (Phi) is 7.93. The van der Waals surface area contributed by atoms with E-state index in [4.69, 9.17) is 16.7 Å². The molecule has 0 aromatic carbocycles. The molecule has 0 fully saturated rings. The maximum atomic E-state index is 11.8. The molecule has 7 heteroatoms. The van der Waals surface area contributed by atoms with E-state index in [1.54, 1.807) is 0 Å². The fraction of sp³-hybridized carbons (Fsp3) is 0.667. The molecule has 0 unspecified atom stereocenters. The van der Waals surface area contributed by atoms with Crippen molar-refractivity contribution < 1.29 is 5.11 Å². The molecule has 0 atom stereocenters. The van der Waals surface area contributed by atoms with Crippen molar-refractivity contribution in [3.05, 3.63) is 21.6 Å². The van der Waals surface area contributed by atoms with E-state index in [0.717, 1.165) is 24.1 Å². The number of nitrogens with one attached hydrogen (secondary N) is 1. The van der Waals surface area contributed by atoms with Crippen LogP contribution < -0.4 is 10.9 Å². The van der Waals surface area contributed by atoms with Crippen LogP contribution in [0.1, 0.15) is 19.3 Å². The Hall–Kier alpha value is -0.720. The molecule has 0 saturated heterocycles. The molecule has 0 aliphatic carbocycles. The van der Waals surface area contributed by atoms with Gasteiger partial charge in [0.05, 0.1) is 25.0 Å². The molecular formula is C12H20ClN3O2S. The van der Waals surface area contributed by atoms with E-state index in [-0.39, 0.29) is 23.7 Å². The van der Waals surface area contributed by atoms with Crippen molar-refractivity contribution in [2.75, 3.05) is 30.5 Å². The van der Waals surface area contributed by atoms with Crippen LogP contribution in [0.5, 0.6) is 0 Å². The van der Waals surface area contributed by atoms with Gasteiger partial charge in [-0.15, -0.1) is 0 Å². The summed E-state index contributed by atoms with van der Waals surface area (Å²) in [5.41, 5.74) is 0.189. The van der Waals surface area contributed by atoms with Gasteiger partial charge in [0.15, 0.2) is 0 Å². The maximum absolute atomic E-state index is 11.8. The Morgan fingerprint density at radius 1 is 1.47 bits per heavy atom. The number of hydrogen-bond acceptors (Lipinski definition) is 5. The van der Waals surface area contributed by atoms with Crippen molar-refractivity contribution in [2.24, 2.45) is 0 Å². The Morgan fingerprint density at radius 2 is 2.26 bits per heavy atom. The molecule has 5 nitrogen and oxygen atoms in total. The van der Waals surface area contributed by atoms with Crippen LogP contribution in [0.4, 0.5) is 5.69 Å². The Bertz CT molecular complexity index is 439. The van der Waals surface area contributed by atoms with Crippen LogP contribution in [0.15, 0.2) is 11.0 Å². The van der Waals surface area contributed by atoms with Gasteiger partial charge in [-0.1, -0.05) is 18.0 Å². The summed E-state index contributed by atoms with van der Waals surface area (Å²) in [7, 11) is 0. The number of rotatable bonds is 9. The minimum atomic E-state index is -0.372. The summed E-state index contributed by atoms with van der Waals surface area (Å²) >= 11 is 7.83. The Morgan fingerprint density at radius 3 is 2.95 bits per heavy atom. The van der Waals surface area contributed by atoms with E-state index < -0.39 is 0 Å². The molecule has 108 valence electrons. The minimum absolute atomic E-state index is 0.132. The number of halogens is 1. The van der Waals surface area contributed by atoms with E-state index in [9.17, 15) is 4.79 Å². The predicted octanol–water partition coefficient (Wildman–Crippen LogP) is 1.83. The third-order valence-electron chi connectivity index (χ3n) is 2.64. The topological polar surface area (TPSA) is 67.2 Å². The fourth-order valence-electron chi connectivity index (χ4n) is 1.61. The molecule has 1 aromatic heterocycles. The van der Waals surface area contributed by atoms with Crippen molar-refractivity contribution in [3.8, 4) is 0 Å². The number of unbranched alkanes of at least 4 members (excludes halogenated alkanes) is 2. The van der Waals surface area contributed by atoms with E-state index in [1.165, 1.54) is 18.4 Å². The molecule has 0 spiro atoms. The van der Waals surface area contributed by atoms with Crippen LogP contribution in [-0.4, -0.2) is 40.0 Å². The third kappa shape index (κ3) is 5.42. The molecule has 0 bridgehead atoms. The molecule has 0 radical (unpaired) electrons. The van der Waals surface area contributed by atoms with E-state index in [1.807, 2.05) is 11.8 Å². The molecule has 2 N–H and O–H groups in total. The molecule has 0 aliphatic heterocycles. The van der Waals surface area contributed by atoms with Gasteiger partial charge in [-0.05, 0) is 24.9 Å². The summed E-state index contributed by atoms with van der Waals surface area (Å²) in [6, 6.07) is 0. The molecule has 1 heterocycles. The lowest BCUT2D eigenvalue weighted by molar-refractivity contribution is 0.266. The second-order valence-corrected chi connectivity index (χ2v) is 5.47. The smallest absolute Gasteiger partial charge is 0.287 e. The average molecular weight is 306 g/mol. The van der Waals surface area contributed by atoms with Crippen LogP contribution in [0.25, 0.3) is 0 Å². The predicted molar refractivity (Wildman–Crippen MR) is 81.3 cm³/mol. The summed E-state index contributed by atoms with van der Waals surface area (Å²) < 4.78 is 1.16. The molecule has 0 aliphatic rings. The second-order valence-electron chi connectivity index (χ2n) is 4.10. The zero-order valence-electron chi connectivity index (χ0n) is 11.1. The first-order valence-corrected chi connectivity index (χ1v) is 8.07. The third-order valence-corrected chi connectivity index (χ3v) is 3.70. The Labute approximate surface area is 122 Å². The van der Waals surface area contributed by atoms with Crippen LogP contribution >= 0.6 is 23.4 Å². The SMILES string of the molecule is CSCCCCCNc1cnn(CCO)c(=O)c1Cl. The number of anilines is 1. The maximum Gasteiger partial charge on any atom is 0.287 e. The normalized spacial score (nSPS) is 10.7. The number of aliphatic hydroxyl groups excluding tert-OH is 1. The summed E-state index contributed by atoms with van der Waals surface area (Å²) in [6.07, 6.45) is 7.02. The zero-order valence-corrected chi connectivity index (χ0v) is 12.6. The van der Waals surface area contributed by atoms with Gasteiger partial charge in [-0.2, -0.15) is 16.9 Å². The van der Waals surface area contributed by atoms with Crippen molar-refractivity contribution in [1.29, 1.82) is 0 Å². The quantitative estimate of drug-likeness (QED) is 0.681. The summed E-state index contributed by atoms with van der Waals surface area (Å²) in [5, 5.41) is 16.0. The standard InChI is InChI=1S/C12H20ClN3O2S/c1-19-8-4-2-3-5-14-10-9-15-16(6-7-17)12(18)11(10)13/h9,14,17H,2-8H2,1H3. The van der Waals surface area contributed by atoms with Gasteiger partial charge in [0, 0.05) is 6.54 Å². The van der Waals surface area contributed by atoms with Crippen molar-refractivity contribution in [3.63, 3.8) is 0 Å². The summed E-state index contributed by atoms with van der Waals surface area (Å²) in [5.74, 6) is 1.18. The van der Waals surface area contributed by atoms with Crippen LogP contribution in [0, 0.1) is 0 Å². The van der Waals surface area contributed by atoms with Gasteiger partial charge in [-0.25, -0.2) is 4.68 Å². The number of nitrogens with zero attached hydrogens (tertiary/aromatic N) is 2. The minimum Gasteiger partial charge on any atom is -0.394 e. The van der Waals surface area contributed by atoms with Crippen molar-refractivity contribution in [2.45, 2.75) is 25.8 Å². The molecule has 0 saturated carbocycles. The number of hydrogen-bond donors (Lipinski definition) is 2. The van der Waals surface area contributed by atoms with Crippen molar-refractivity contribution in [1.82, 2.24) is 9.78 Å². The van der Waals surface area contributed by atoms with Gasteiger partial charge < -0.3 is 10.4 Å². The van der Waals surface area contributed by atoms with Crippen molar-refractivity contribution >= 4 is 29.1 Å². The lowest BCUT2D eigenvalue weighted by atomic mass is 10.2. The highest BCUT2D eigenvalue weighted by Crippen LogP contribution is 2.15. The van der Waals surface area contributed by atoms with E-state index >= 15 is 0 Å². The Balaban J connectivity index is 2.46. The van der Waals surface area contributed by atoms with Crippen LogP contribution in [0.3, 0.4) is 0 Å². The molecular weight excluding hydrogens is 286 g/mol. The lowest BCUT2D eigenvalue weighted by Gasteiger charge is -2.09. The van der Waals surface area contributed by atoms with Gasteiger partial charge in [0.2, 0.25) is 0 Å². The largest absolute Gasteiger partial charge is 0.394 e. The molecule has 1 rings (SSSR count). The van der Waals surface area contributed by atoms with E-state index in [2.05, 4.69) is 16.7 Å². The number of thioether (sulfide) groups is 1. The number of aromatic nitrogens is 2. The first-order chi connectivity index (χ1) is 9.20. The first-order valence-electron chi connectivity index (χ1n) is 6.30. The first kappa shape index (κ1) is 16.3. The van der Waals surface area contributed by atoms with Gasteiger partial charge in [0.25, 0.3) is 5.56 Å². The summed E-state index contributed by atoms with van der Waals surface area (Å²) in [6.45, 7) is 0.804. The van der Waals surface area contributed by atoms with Crippen LogP contribution in [0.2, 0.25) is 5.02 Å². The lowest BCUT2D eigenvalue weighted by Crippen LogP contribution is -2.25. The zero-order chi connectivity index (χ0) is 14.1. The average Bonchev–Trinajstić information content (AvgIpc) is 2.41. The number of aliphatic hydroxyl groups is 1. The highest BCUT2D eigenvalue weighted by atomic mass is 35.5. The fourth-order valence-corrected chi connectivity index (χ4v) is 2.32.